The van der Waals surface area contributed by atoms with Crippen LogP contribution in [0.2, 0.25) is 0 Å². The zero-order valence-electron chi connectivity index (χ0n) is 5.80. The number of rotatable bonds is 7. The number of hydrogen-bond donors (Lipinski definition) is 2. The molecule has 0 aromatic heterocycles. The van der Waals surface area contributed by atoms with E-state index in [-0.39, 0.29) is 13.2 Å². The minimum absolute atomic E-state index is 0.160. The van der Waals surface area contributed by atoms with E-state index in [0.717, 1.165) is 0 Å². The molecule has 0 amide bonds. The van der Waals surface area contributed by atoms with Gasteiger partial charge < -0.3 is 5.11 Å². The predicted molar refractivity (Wildman–Crippen MR) is 47.8 cm³/mol. The fourth-order valence-electron chi connectivity index (χ4n) is 0.305. The van der Waals surface area contributed by atoms with E-state index in [9.17, 15) is 4.57 Å². The van der Waals surface area contributed by atoms with Crippen LogP contribution in [0.4, 0.5) is 0 Å². The number of aliphatic hydroxyl groups excluding tert-OH is 1. The number of hydrogen-bond acceptors (Lipinski definition) is 5. The van der Waals surface area contributed by atoms with Crippen molar-refractivity contribution in [1.82, 2.24) is 0 Å². The molecule has 0 aliphatic heterocycles. The summed E-state index contributed by atoms with van der Waals surface area (Å²) in [6.45, 7) is 0.432. The van der Waals surface area contributed by atoms with Gasteiger partial charge in [-0.15, -0.1) is 9.42 Å². The molecule has 0 spiro atoms. The Balaban J connectivity index is 2.85. The van der Waals surface area contributed by atoms with Crippen LogP contribution in [0.5, 0.6) is 0 Å². The second-order valence-electron chi connectivity index (χ2n) is 1.44. The molecule has 4 nitrogen and oxygen atoms in total. The van der Waals surface area contributed by atoms with Crippen molar-refractivity contribution in [1.29, 1.82) is 0 Å². The molecule has 0 aliphatic rings. The second-order valence-corrected chi connectivity index (χ2v) is 4.87. The van der Waals surface area contributed by atoms with Gasteiger partial charge in [0, 0.05) is 16.1 Å². The SMILES string of the molecule is O=[P+](O)OCCSSCCO. The van der Waals surface area contributed by atoms with Crippen molar-refractivity contribution in [3.8, 4) is 0 Å². The van der Waals surface area contributed by atoms with Gasteiger partial charge in [-0.25, -0.2) is 0 Å². The van der Waals surface area contributed by atoms with Gasteiger partial charge in [-0.2, -0.15) is 0 Å². The summed E-state index contributed by atoms with van der Waals surface area (Å²) < 4.78 is 14.3. The maximum atomic E-state index is 9.96. The van der Waals surface area contributed by atoms with Crippen LogP contribution in [0, 0.1) is 0 Å². The zero-order valence-corrected chi connectivity index (χ0v) is 8.33. The molecular formula is C4H10O4PS2+. The minimum atomic E-state index is -2.45. The average molecular weight is 217 g/mol. The smallest absolute Gasteiger partial charge is 0.395 e. The Kier molecular flexibility index (Phi) is 9.32. The first-order chi connectivity index (χ1) is 5.27. The molecule has 1 atom stereocenters. The Labute approximate surface area is 74.1 Å². The highest BCUT2D eigenvalue weighted by Crippen LogP contribution is 2.22. The van der Waals surface area contributed by atoms with Crippen LogP contribution in [0.3, 0.4) is 0 Å². The summed E-state index contributed by atoms with van der Waals surface area (Å²) in [4.78, 5) is 8.19. The molecule has 0 rings (SSSR count). The molecule has 0 aromatic rings. The third kappa shape index (κ3) is 10.7. The van der Waals surface area contributed by atoms with Crippen molar-refractivity contribution in [2.45, 2.75) is 0 Å². The average Bonchev–Trinajstić information content (AvgIpc) is 1.96. The van der Waals surface area contributed by atoms with Crippen molar-refractivity contribution < 1.29 is 19.1 Å². The van der Waals surface area contributed by atoms with Crippen LogP contribution in [0.1, 0.15) is 0 Å². The summed E-state index contributed by atoms with van der Waals surface area (Å²) in [5, 5.41) is 8.36. The Morgan fingerprint density at radius 3 is 2.55 bits per heavy atom. The van der Waals surface area contributed by atoms with Crippen LogP contribution in [0.25, 0.3) is 0 Å². The van der Waals surface area contributed by atoms with Gasteiger partial charge in [-0.3, -0.25) is 0 Å². The molecule has 66 valence electrons. The first-order valence-corrected chi connectivity index (χ1v) is 6.53. The van der Waals surface area contributed by atoms with Gasteiger partial charge in [-0.1, -0.05) is 21.6 Å². The molecule has 0 aliphatic carbocycles. The molecular weight excluding hydrogens is 207 g/mol. The fraction of sp³-hybridized carbons (Fsp3) is 1.00. The van der Waals surface area contributed by atoms with Crippen LogP contribution in [0.15, 0.2) is 0 Å². The van der Waals surface area contributed by atoms with Crippen molar-refractivity contribution in [2.75, 3.05) is 24.7 Å². The van der Waals surface area contributed by atoms with Crippen LogP contribution >= 0.6 is 29.8 Å². The lowest BCUT2D eigenvalue weighted by Crippen LogP contribution is -1.89. The molecule has 0 saturated heterocycles. The minimum Gasteiger partial charge on any atom is -0.395 e. The largest absolute Gasteiger partial charge is 0.694 e. The fourth-order valence-corrected chi connectivity index (χ4v) is 2.27. The summed E-state index contributed by atoms with van der Waals surface area (Å²) in [6, 6.07) is 0. The van der Waals surface area contributed by atoms with Crippen LogP contribution < -0.4 is 0 Å². The van der Waals surface area contributed by atoms with Gasteiger partial charge in [-0.05, 0) is 0 Å². The third-order valence-corrected chi connectivity index (χ3v) is 3.38. The van der Waals surface area contributed by atoms with E-state index in [1.165, 1.54) is 21.6 Å². The van der Waals surface area contributed by atoms with E-state index in [2.05, 4.69) is 4.52 Å². The van der Waals surface area contributed by atoms with Gasteiger partial charge in [0.05, 0.1) is 6.61 Å². The molecule has 0 radical (unpaired) electrons. The van der Waals surface area contributed by atoms with Crippen LogP contribution in [-0.4, -0.2) is 34.7 Å². The highest BCUT2D eigenvalue weighted by Gasteiger charge is 2.09. The van der Waals surface area contributed by atoms with Crippen molar-refractivity contribution in [3.05, 3.63) is 0 Å². The molecule has 2 N–H and O–H groups in total. The molecule has 7 heteroatoms. The van der Waals surface area contributed by atoms with E-state index in [1.807, 2.05) is 0 Å². The normalized spacial score (nSPS) is 11.6. The topological polar surface area (TPSA) is 66.8 Å². The summed E-state index contributed by atoms with van der Waals surface area (Å²) in [5.74, 6) is 1.34. The third-order valence-electron chi connectivity index (χ3n) is 0.626. The molecule has 0 fully saturated rings. The van der Waals surface area contributed by atoms with Crippen LogP contribution in [-0.2, 0) is 9.09 Å². The second kappa shape index (κ2) is 8.77. The summed E-state index contributed by atoms with van der Waals surface area (Å²) in [7, 11) is 0.580. The van der Waals surface area contributed by atoms with Crippen molar-refractivity contribution in [3.63, 3.8) is 0 Å². The van der Waals surface area contributed by atoms with E-state index >= 15 is 0 Å². The van der Waals surface area contributed by atoms with Gasteiger partial charge in [0.15, 0.2) is 0 Å². The van der Waals surface area contributed by atoms with Gasteiger partial charge >= 0.3 is 8.25 Å². The summed E-state index contributed by atoms with van der Waals surface area (Å²) in [6.07, 6.45) is 0. The molecule has 0 aromatic carbocycles. The van der Waals surface area contributed by atoms with Gasteiger partial charge in [0.2, 0.25) is 0 Å². The summed E-state index contributed by atoms with van der Waals surface area (Å²) >= 11 is 0. The Morgan fingerprint density at radius 2 is 2.00 bits per heavy atom. The maximum Gasteiger partial charge on any atom is 0.694 e. The van der Waals surface area contributed by atoms with E-state index in [4.69, 9.17) is 10.00 Å². The first kappa shape index (κ1) is 11.7. The quantitative estimate of drug-likeness (QED) is 0.377. The standard InChI is InChI=1S/C4H9O4PS2/c5-1-3-10-11-4-2-8-9(6)7/h5H,1-4H2/p+1. The van der Waals surface area contributed by atoms with Gasteiger partial charge in [0.25, 0.3) is 0 Å². The van der Waals surface area contributed by atoms with Gasteiger partial charge in [0.1, 0.15) is 6.61 Å². The molecule has 1 unspecified atom stereocenters. The first-order valence-electron chi connectivity index (χ1n) is 2.91. The predicted octanol–water partition coefficient (Wildman–Crippen LogP) is 1.03. The molecule has 0 saturated carbocycles. The highest BCUT2D eigenvalue weighted by atomic mass is 33.1. The summed E-state index contributed by atoms with van der Waals surface area (Å²) in [5.41, 5.74) is 0. The van der Waals surface area contributed by atoms with E-state index < -0.39 is 8.25 Å². The Morgan fingerprint density at radius 1 is 1.36 bits per heavy atom. The number of aliphatic hydroxyl groups is 1. The van der Waals surface area contributed by atoms with E-state index in [1.54, 1.807) is 0 Å². The van der Waals surface area contributed by atoms with Crippen molar-refractivity contribution >= 4 is 29.8 Å². The Bertz CT molecular complexity index is 112. The van der Waals surface area contributed by atoms with E-state index in [0.29, 0.717) is 11.5 Å². The molecule has 0 heterocycles. The lowest BCUT2D eigenvalue weighted by atomic mass is 10.9. The molecule has 0 bridgehead atoms. The lowest BCUT2D eigenvalue weighted by molar-refractivity contribution is 0.300. The van der Waals surface area contributed by atoms with Crippen molar-refractivity contribution in [2.24, 2.45) is 0 Å². The maximum absolute atomic E-state index is 9.96. The lowest BCUT2D eigenvalue weighted by Gasteiger charge is -1.93. The highest BCUT2D eigenvalue weighted by molar-refractivity contribution is 8.76. The zero-order chi connectivity index (χ0) is 8.53. The monoisotopic (exact) mass is 217 g/mol. The Hall–Kier alpha value is 0.680. The molecule has 11 heavy (non-hydrogen) atoms.